The van der Waals surface area contributed by atoms with Crippen LogP contribution in [0.4, 0.5) is 0 Å². The first-order valence-electron chi connectivity index (χ1n) is 23.5. The van der Waals surface area contributed by atoms with Gasteiger partial charge in [-0.15, -0.1) is 0 Å². The van der Waals surface area contributed by atoms with Gasteiger partial charge < -0.3 is 52.1 Å². The summed E-state index contributed by atoms with van der Waals surface area (Å²) in [4.78, 5) is 53.0. The molecule has 5 aromatic rings. The van der Waals surface area contributed by atoms with Crippen LogP contribution in [0.25, 0.3) is 0 Å². The van der Waals surface area contributed by atoms with Gasteiger partial charge in [-0.1, -0.05) is 66.2 Å². The molecule has 0 aliphatic heterocycles. The molecule has 0 radical (unpaired) electrons. The fourth-order valence-electron chi connectivity index (χ4n) is 7.28. The van der Waals surface area contributed by atoms with E-state index in [2.05, 4.69) is 27.7 Å². The predicted molar refractivity (Wildman–Crippen MR) is 262 cm³/mol. The lowest BCUT2D eigenvalue weighted by molar-refractivity contribution is 0.0712. The Balaban J connectivity index is 1.17. The van der Waals surface area contributed by atoms with Crippen LogP contribution in [0.3, 0.4) is 0 Å². The van der Waals surface area contributed by atoms with Gasteiger partial charge in [-0.2, -0.15) is 0 Å². The molecular formula is C55H64O15. The molecule has 0 saturated heterocycles. The normalized spacial score (nSPS) is 10.8. The fraction of sp³-hybridized carbons (Fsp3) is 0.382. The monoisotopic (exact) mass is 964 g/mol. The van der Waals surface area contributed by atoms with E-state index < -0.39 is 23.9 Å². The molecule has 0 unspecified atom stereocenters. The Morgan fingerprint density at radius 2 is 0.771 bits per heavy atom. The summed E-state index contributed by atoms with van der Waals surface area (Å²) < 4.78 is 62.2. The molecule has 0 spiro atoms. The minimum Gasteiger partial charge on any atom is -0.496 e. The maximum absolute atomic E-state index is 13.4. The van der Waals surface area contributed by atoms with Gasteiger partial charge in [0, 0.05) is 30.3 Å². The molecule has 0 aliphatic carbocycles. The van der Waals surface area contributed by atoms with E-state index in [1.807, 2.05) is 0 Å². The quantitative estimate of drug-likeness (QED) is 0.0359. The van der Waals surface area contributed by atoms with Crippen LogP contribution in [-0.4, -0.2) is 72.6 Å². The largest absolute Gasteiger partial charge is 0.496 e. The zero-order valence-electron chi connectivity index (χ0n) is 41.5. The zero-order chi connectivity index (χ0) is 50.6. The van der Waals surface area contributed by atoms with Gasteiger partial charge in [0.1, 0.15) is 39.9 Å². The van der Waals surface area contributed by atoms with Crippen molar-refractivity contribution in [1.29, 1.82) is 0 Å². The smallest absolute Gasteiger partial charge is 0.347 e. The van der Waals surface area contributed by atoms with Gasteiger partial charge in [0.25, 0.3) is 0 Å². The second-order valence-electron chi connectivity index (χ2n) is 16.3. The first-order chi connectivity index (χ1) is 33.9. The maximum Gasteiger partial charge on any atom is 0.347 e. The predicted octanol–water partition coefficient (Wildman–Crippen LogP) is 11.8. The topological polar surface area (TPSA) is 170 Å². The van der Waals surface area contributed by atoms with Crippen LogP contribution in [0.1, 0.15) is 120 Å². The number of unbranched alkanes of at least 4 members (excludes halogenated alkanes) is 2. The number of methoxy groups -OCH3 is 5. The van der Waals surface area contributed by atoms with Crippen molar-refractivity contribution in [2.24, 2.45) is 11.8 Å². The SMILES string of the molecule is CCCCC(CCCC)COc1cc(OC)c(C(=O)Oc2ccc(C(=O)Oc3ccc(OC(=O)c4ccc(OC(=O)c5cc(OC)c(OCC(CC)CC)cc5OC)cc4)cc3OC)cc2)cc1OC. The number of rotatable bonds is 27. The first-order valence-corrected chi connectivity index (χ1v) is 23.5. The van der Waals surface area contributed by atoms with Gasteiger partial charge in [0.05, 0.1) is 59.9 Å². The average molecular weight is 965 g/mol. The molecule has 5 rings (SSSR count). The van der Waals surface area contributed by atoms with Crippen molar-refractivity contribution in [2.45, 2.75) is 79.1 Å². The average Bonchev–Trinajstić information content (AvgIpc) is 3.38. The van der Waals surface area contributed by atoms with E-state index in [9.17, 15) is 19.2 Å². The molecule has 70 heavy (non-hydrogen) atoms. The minimum absolute atomic E-state index is 0.0536. The Kier molecular flexibility index (Phi) is 20.6. The van der Waals surface area contributed by atoms with Gasteiger partial charge in [-0.05, 0) is 85.3 Å². The Morgan fingerprint density at radius 3 is 1.19 bits per heavy atom. The van der Waals surface area contributed by atoms with E-state index in [0.29, 0.717) is 48.0 Å². The Hall–Kier alpha value is -7.42. The number of carbonyl (C=O) groups excluding carboxylic acids is 4. The molecule has 0 aliphatic rings. The number of hydrogen-bond acceptors (Lipinski definition) is 15. The van der Waals surface area contributed by atoms with Gasteiger partial charge in [-0.3, -0.25) is 0 Å². The highest BCUT2D eigenvalue weighted by Crippen LogP contribution is 2.38. The summed E-state index contributed by atoms with van der Waals surface area (Å²) in [5, 5.41) is 0. The van der Waals surface area contributed by atoms with E-state index in [0.717, 1.165) is 51.4 Å². The number of esters is 4. The van der Waals surface area contributed by atoms with Crippen LogP contribution in [0.5, 0.6) is 63.2 Å². The van der Waals surface area contributed by atoms with Crippen LogP contribution < -0.4 is 52.1 Å². The van der Waals surface area contributed by atoms with Crippen molar-refractivity contribution in [2.75, 3.05) is 48.8 Å². The number of carbonyl (C=O) groups is 4. The third-order valence-corrected chi connectivity index (χ3v) is 11.6. The summed E-state index contributed by atoms with van der Waals surface area (Å²) in [5.74, 6) is 0.630. The van der Waals surface area contributed by atoms with Crippen molar-refractivity contribution >= 4 is 23.9 Å². The van der Waals surface area contributed by atoms with Gasteiger partial charge in [0.15, 0.2) is 34.5 Å². The molecule has 15 nitrogen and oxygen atoms in total. The molecule has 15 heteroatoms. The highest BCUT2D eigenvalue weighted by molar-refractivity contribution is 5.96. The summed E-state index contributed by atoms with van der Waals surface area (Å²) in [7, 11) is 7.25. The highest BCUT2D eigenvalue weighted by Gasteiger charge is 2.24. The van der Waals surface area contributed by atoms with Gasteiger partial charge in [0.2, 0.25) is 0 Å². The lowest BCUT2D eigenvalue weighted by atomic mass is 9.97. The molecule has 0 atom stereocenters. The standard InChI is InChI=1S/C55H64O15/c1-10-14-16-36(17-15-11-2)34-66-51-32-46(61-6)43(30-49(51)64-9)55(59)68-40-24-20-38(21-25-40)53(57)70-44-27-26-41(28-47(44)62-7)69-52(56)37-18-22-39(23-19-37)67-54(58)42-29-48(63-8)50(31-45(42)60-5)65-33-35(12-3)13-4/h18-32,35-36H,10-17,33-34H2,1-9H3. The minimum atomic E-state index is -0.730. The summed E-state index contributed by atoms with van der Waals surface area (Å²) in [6.07, 6.45) is 8.54. The fourth-order valence-corrected chi connectivity index (χ4v) is 7.28. The lowest BCUT2D eigenvalue weighted by Gasteiger charge is -2.19. The number of hydrogen-bond donors (Lipinski definition) is 0. The molecular weight excluding hydrogens is 901 g/mol. The van der Waals surface area contributed by atoms with Crippen LogP contribution in [0.2, 0.25) is 0 Å². The Morgan fingerprint density at radius 1 is 0.386 bits per heavy atom. The Bertz CT molecular complexity index is 2500. The molecule has 0 aromatic heterocycles. The molecule has 0 N–H and O–H groups in total. The number of ether oxygens (including phenoxy) is 11. The summed E-state index contributed by atoms with van der Waals surface area (Å²) in [5.41, 5.74) is 0.555. The Labute approximate surface area is 410 Å². The molecule has 0 fully saturated rings. The van der Waals surface area contributed by atoms with E-state index in [1.165, 1.54) is 114 Å². The molecule has 374 valence electrons. The van der Waals surface area contributed by atoms with Crippen LogP contribution >= 0.6 is 0 Å². The van der Waals surface area contributed by atoms with Crippen molar-refractivity contribution in [3.05, 3.63) is 113 Å². The zero-order valence-corrected chi connectivity index (χ0v) is 41.5. The molecule has 0 saturated carbocycles. The second-order valence-corrected chi connectivity index (χ2v) is 16.3. The maximum atomic E-state index is 13.4. The van der Waals surface area contributed by atoms with Crippen molar-refractivity contribution in [3.8, 4) is 63.2 Å². The van der Waals surface area contributed by atoms with Gasteiger partial charge >= 0.3 is 23.9 Å². The van der Waals surface area contributed by atoms with E-state index >= 15 is 0 Å². The van der Waals surface area contributed by atoms with Crippen molar-refractivity contribution in [1.82, 2.24) is 0 Å². The van der Waals surface area contributed by atoms with Crippen LogP contribution in [-0.2, 0) is 0 Å². The summed E-state index contributed by atoms with van der Waals surface area (Å²) in [6, 6.07) is 22.1. The highest BCUT2D eigenvalue weighted by atomic mass is 16.6. The van der Waals surface area contributed by atoms with Crippen molar-refractivity contribution in [3.63, 3.8) is 0 Å². The second kappa shape index (κ2) is 26.9. The molecule has 0 heterocycles. The first kappa shape index (κ1) is 53.5. The van der Waals surface area contributed by atoms with E-state index in [1.54, 1.807) is 12.1 Å². The van der Waals surface area contributed by atoms with Crippen LogP contribution in [0.15, 0.2) is 91.0 Å². The summed E-state index contributed by atoms with van der Waals surface area (Å²) in [6.45, 7) is 9.56. The van der Waals surface area contributed by atoms with Crippen LogP contribution in [0, 0.1) is 11.8 Å². The summed E-state index contributed by atoms with van der Waals surface area (Å²) >= 11 is 0. The number of benzene rings is 5. The third-order valence-electron chi connectivity index (χ3n) is 11.6. The molecule has 0 amide bonds. The molecule has 0 bridgehead atoms. The van der Waals surface area contributed by atoms with Gasteiger partial charge in [-0.25, -0.2) is 19.2 Å². The third kappa shape index (κ3) is 14.5. The van der Waals surface area contributed by atoms with E-state index in [-0.39, 0.29) is 62.5 Å². The van der Waals surface area contributed by atoms with Crippen molar-refractivity contribution < 1.29 is 71.3 Å². The molecule has 5 aromatic carbocycles. The van der Waals surface area contributed by atoms with E-state index in [4.69, 9.17) is 52.1 Å². The lowest BCUT2D eigenvalue weighted by Crippen LogP contribution is -2.14.